The van der Waals surface area contributed by atoms with Gasteiger partial charge in [-0.2, -0.15) is 0 Å². The van der Waals surface area contributed by atoms with Gasteiger partial charge >= 0.3 is 0 Å². The van der Waals surface area contributed by atoms with Gasteiger partial charge in [0.05, 0.1) is 5.69 Å². The van der Waals surface area contributed by atoms with Crippen LogP contribution in [-0.2, 0) is 5.33 Å². The maximum atomic E-state index is 5.84. The highest BCUT2D eigenvalue weighted by Crippen LogP contribution is 2.27. The van der Waals surface area contributed by atoms with E-state index < -0.39 is 0 Å². The molecule has 82 valence electrons. The fourth-order valence-electron chi connectivity index (χ4n) is 1.41. The summed E-state index contributed by atoms with van der Waals surface area (Å²) in [5.74, 6) is 1.67. The van der Waals surface area contributed by atoms with Gasteiger partial charge in [0.1, 0.15) is 11.5 Å². The second-order valence-electron chi connectivity index (χ2n) is 3.43. The van der Waals surface area contributed by atoms with E-state index in [0.717, 1.165) is 28.1 Å². The zero-order valence-electron chi connectivity index (χ0n) is 8.98. The summed E-state index contributed by atoms with van der Waals surface area (Å²) in [5, 5.41) is 0.780. The lowest BCUT2D eigenvalue weighted by Gasteiger charge is -2.10. The predicted molar refractivity (Wildman–Crippen MR) is 68.1 cm³/mol. The van der Waals surface area contributed by atoms with E-state index in [1.807, 2.05) is 43.3 Å². The van der Waals surface area contributed by atoms with Crippen LogP contribution in [0.1, 0.15) is 11.3 Å². The molecule has 0 radical (unpaired) electrons. The molecule has 0 fully saturated rings. The molecule has 0 amide bonds. The summed E-state index contributed by atoms with van der Waals surface area (Å²) >= 11 is 3.44. The number of aromatic nitrogens is 1. The van der Waals surface area contributed by atoms with E-state index in [2.05, 4.69) is 20.9 Å². The van der Waals surface area contributed by atoms with E-state index in [1.54, 1.807) is 6.20 Å². The minimum atomic E-state index is 0.780. The number of rotatable bonds is 3. The van der Waals surface area contributed by atoms with Crippen LogP contribution in [0.3, 0.4) is 0 Å². The summed E-state index contributed by atoms with van der Waals surface area (Å²) in [5.41, 5.74) is 2.03. The molecule has 0 N–H and O–H groups in total. The first-order chi connectivity index (χ1) is 7.81. The predicted octanol–water partition coefficient (Wildman–Crippen LogP) is 4.08. The molecule has 2 rings (SSSR count). The van der Waals surface area contributed by atoms with Crippen LogP contribution in [0.4, 0.5) is 0 Å². The zero-order chi connectivity index (χ0) is 11.4. The molecule has 0 spiro atoms. The topological polar surface area (TPSA) is 22.1 Å². The third-order valence-corrected chi connectivity index (χ3v) is 2.90. The standard InChI is InChI=1S/C13H12BrNO/c1-10-12(7-4-8-15-10)16-13-6-3-2-5-11(13)9-14/h2-8H,9H2,1H3. The maximum Gasteiger partial charge on any atom is 0.148 e. The Morgan fingerprint density at radius 3 is 2.62 bits per heavy atom. The quantitative estimate of drug-likeness (QED) is 0.789. The van der Waals surface area contributed by atoms with Crippen LogP contribution < -0.4 is 4.74 Å². The number of aryl methyl sites for hydroxylation is 1. The van der Waals surface area contributed by atoms with Gasteiger partial charge in [0, 0.05) is 17.1 Å². The Kier molecular flexibility index (Phi) is 3.57. The van der Waals surface area contributed by atoms with Gasteiger partial charge in [-0.3, -0.25) is 4.98 Å². The van der Waals surface area contributed by atoms with Crippen molar-refractivity contribution >= 4 is 15.9 Å². The number of pyridine rings is 1. The maximum absolute atomic E-state index is 5.84. The molecule has 0 bridgehead atoms. The van der Waals surface area contributed by atoms with Crippen molar-refractivity contribution in [2.24, 2.45) is 0 Å². The SMILES string of the molecule is Cc1ncccc1Oc1ccccc1CBr. The number of alkyl halides is 1. The minimum Gasteiger partial charge on any atom is -0.455 e. The molecule has 1 aromatic carbocycles. The monoisotopic (exact) mass is 277 g/mol. The van der Waals surface area contributed by atoms with Crippen LogP contribution >= 0.6 is 15.9 Å². The highest BCUT2D eigenvalue weighted by Gasteiger charge is 2.05. The molecule has 16 heavy (non-hydrogen) atoms. The van der Waals surface area contributed by atoms with Crippen molar-refractivity contribution in [2.45, 2.75) is 12.3 Å². The molecule has 2 aromatic rings. The Bertz CT molecular complexity index is 485. The van der Waals surface area contributed by atoms with E-state index in [1.165, 1.54) is 0 Å². The van der Waals surface area contributed by atoms with Crippen LogP contribution in [-0.4, -0.2) is 4.98 Å². The summed E-state index contributed by atoms with van der Waals surface area (Å²) in [4.78, 5) is 4.19. The summed E-state index contributed by atoms with van der Waals surface area (Å²) in [6.07, 6.45) is 1.76. The van der Waals surface area contributed by atoms with E-state index in [4.69, 9.17) is 4.74 Å². The fourth-order valence-corrected chi connectivity index (χ4v) is 1.87. The van der Waals surface area contributed by atoms with Crippen molar-refractivity contribution in [3.8, 4) is 11.5 Å². The fraction of sp³-hybridized carbons (Fsp3) is 0.154. The van der Waals surface area contributed by atoms with Gasteiger partial charge in [0.15, 0.2) is 0 Å². The first-order valence-corrected chi connectivity index (χ1v) is 6.17. The molecular formula is C13H12BrNO. The van der Waals surface area contributed by atoms with Gasteiger partial charge in [-0.15, -0.1) is 0 Å². The van der Waals surface area contributed by atoms with Crippen molar-refractivity contribution in [1.29, 1.82) is 0 Å². The van der Waals surface area contributed by atoms with Gasteiger partial charge < -0.3 is 4.74 Å². The van der Waals surface area contributed by atoms with Crippen molar-refractivity contribution in [3.63, 3.8) is 0 Å². The number of para-hydroxylation sites is 1. The molecule has 0 aliphatic heterocycles. The number of halogens is 1. The third-order valence-electron chi connectivity index (χ3n) is 2.29. The smallest absolute Gasteiger partial charge is 0.148 e. The average molecular weight is 278 g/mol. The summed E-state index contributed by atoms with van der Waals surface area (Å²) < 4.78 is 5.84. The number of hydrogen-bond donors (Lipinski definition) is 0. The zero-order valence-corrected chi connectivity index (χ0v) is 10.6. The molecular weight excluding hydrogens is 266 g/mol. The summed E-state index contributed by atoms with van der Waals surface area (Å²) in [7, 11) is 0. The lowest BCUT2D eigenvalue weighted by molar-refractivity contribution is 0.472. The number of hydrogen-bond acceptors (Lipinski definition) is 2. The Morgan fingerprint density at radius 1 is 1.12 bits per heavy atom. The first-order valence-electron chi connectivity index (χ1n) is 5.04. The van der Waals surface area contributed by atoms with Crippen molar-refractivity contribution in [2.75, 3.05) is 0 Å². The Hall–Kier alpha value is -1.35. The molecule has 0 aliphatic carbocycles. The highest BCUT2D eigenvalue weighted by molar-refractivity contribution is 9.08. The molecule has 0 unspecified atom stereocenters. The van der Waals surface area contributed by atoms with Gasteiger partial charge in [0.2, 0.25) is 0 Å². The van der Waals surface area contributed by atoms with Crippen LogP contribution in [0.5, 0.6) is 11.5 Å². The van der Waals surface area contributed by atoms with Crippen LogP contribution in [0.25, 0.3) is 0 Å². The van der Waals surface area contributed by atoms with Crippen molar-refractivity contribution < 1.29 is 4.74 Å². The number of ether oxygens (including phenoxy) is 1. The van der Waals surface area contributed by atoms with E-state index in [-0.39, 0.29) is 0 Å². The molecule has 1 heterocycles. The largest absolute Gasteiger partial charge is 0.455 e. The van der Waals surface area contributed by atoms with Crippen LogP contribution in [0, 0.1) is 6.92 Å². The molecule has 0 atom stereocenters. The minimum absolute atomic E-state index is 0.780. The molecule has 0 saturated carbocycles. The van der Waals surface area contributed by atoms with E-state index in [0.29, 0.717) is 0 Å². The summed E-state index contributed by atoms with van der Waals surface area (Å²) in [6.45, 7) is 1.94. The first kappa shape index (κ1) is 11.1. The van der Waals surface area contributed by atoms with E-state index in [9.17, 15) is 0 Å². The molecule has 0 saturated heterocycles. The normalized spacial score (nSPS) is 10.1. The van der Waals surface area contributed by atoms with Crippen LogP contribution in [0.2, 0.25) is 0 Å². The van der Waals surface area contributed by atoms with Gasteiger partial charge in [-0.1, -0.05) is 34.1 Å². The molecule has 3 heteroatoms. The van der Waals surface area contributed by atoms with Crippen molar-refractivity contribution in [1.82, 2.24) is 4.98 Å². The Morgan fingerprint density at radius 2 is 1.88 bits per heavy atom. The van der Waals surface area contributed by atoms with Gasteiger partial charge in [-0.05, 0) is 25.1 Å². The number of nitrogens with zero attached hydrogens (tertiary/aromatic N) is 1. The third kappa shape index (κ3) is 2.42. The molecule has 2 nitrogen and oxygen atoms in total. The summed E-state index contributed by atoms with van der Waals surface area (Å²) in [6, 6.07) is 11.8. The lowest BCUT2D eigenvalue weighted by Crippen LogP contribution is -1.92. The van der Waals surface area contributed by atoms with Gasteiger partial charge in [0.25, 0.3) is 0 Å². The molecule has 1 aromatic heterocycles. The van der Waals surface area contributed by atoms with E-state index >= 15 is 0 Å². The average Bonchev–Trinajstić information content (AvgIpc) is 2.33. The van der Waals surface area contributed by atoms with Crippen LogP contribution in [0.15, 0.2) is 42.6 Å². The second kappa shape index (κ2) is 5.12. The Labute approximate surface area is 103 Å². The molecule has 0 aliphatic rings. The number of benzene rings is 1. The van der Waals surface area contributed by atoms with Gasteiger partial charge in [-0.25, -0.2) is 0 Å². The second-order valence-corrected chi connectivity index (χ2v) is 3.99. The van der Waals surface area contributed by atoms with Crippen molar-refractivity contribution in [3.05, 3.63) is 53.9 Å². The Balaban J connectivity index is 2.30. The lowest BCUT2D eigenvalue weighted by atomic mass is 10.2. The highest BCUT2D eigenvalue weighted by atomic mass is 79.9.